The normalized spacial score (nSPS) is 10.9. The van der Waals surface area contributed by atoms with Crippen LogP contribution in [0.15, 0.2) is 64.6 Å². The van der Waals surface area contributed by atoms with Gasteiger partial charge in [0, 0.05) is 23.8 Å². The molecule has 0 saturated heterocycles. The first-order valence-corrected chi connectivity index (χ1v) is 8.97. The molecule has 0 bridgehead atoms. The van der Waals surface area contributed by atoms with Crippen molar-refractivity contribution in [3.05, 3.63) is 86.6 Å². The number of nitro benzene ring substituents is 1. The molecule has 0 atom stereocenters. The average molecular weight is 438 g/mol. The van der Waals surface area contributed by atoms with Gasteiger partial charge < -0.3 is 14.8 Å². The van der Waals surface area contributed by atoms with Crippen LogP contribution in [0.5, 0.6) is 0 Å². The molecule has 0 aliphatic carbocycles. The van der Waals surface area contributed by atoms with Gasteiger partial charge in [0.25, 0.3) is 11.6 Å². The van der Waals surface area contributed by atoms with Crippen molar-refractivity contribution in [1.29, 1.82) is 5.26 Å². The van der Waals surface area contributed by atoms with E-state index in [4.69, 9.17) is 21.1 Å². The van der Waals surface area contributed by atoms with Gasteiger partial charge in [0.2, 0.25) is 0 Å². The van der Waals surface area contributed by atoms with Crippen LogP contribution in [0.25, 0.3) is 17.4 Å². The number of non-ortho nitro benzene ring substituents is 1. The lowest BCUT2D eigenvalue weighted by Crippen LogP contribution is -2.13. The molecular weight excluding hydrogens is 426 g/mol. The van der Waals surface area contributed by atoms with E-state index in [-0.39, 0.29) is 33.3 Å². The highest BCUT2D eigenvalue weighted by atomic mass is 35.5. The minimum absolute atomic E-state index is 0.0510. The van der Waals surface area contributed by atoms with Crippen LogP contribution in [0.4, 0.5) is 11.4 Å². The highest BCUT2D eigenvalue weighted by Gasteiger charge is 2.15. The van der Waals surface area contributed by atoms with E-state index in [1.165, 1.54) is 30.3 Å². The summed E-state index contributed by atoms with van der Waals surface area (Å²) in [4.78, 5) is 33.5. The number of halogens is 1. The number of rotatable bonds is 6. The van der Waals surface area contributed by atoms with E-state index in [1.807, 2.05) is 0 Å². The van der Waals surface area contributed by atoms with E-state index < -0.39 is 16.8 Å². The maximum atomic E-state index is 12.4. The van der Waals surface area contributed by atoms with Crippen molar-refractivity contribution in [1.82, 2.24) is 0 Å². The molecule has 0 spiro atoms. The third-order valence-electron chi connectivity index (χ3n) is 4.11. The maximum absolute atomic E-state index is 12.4. The van der Waals surface area contributed by atoms with Gasteiger partial charge in [-0.3, -0.25) is 14.9 Å². The van der Waals surface area contributed by atoms with Gasteiger partial charge in [-0.1, -0.05) is 23.7 Å². The number of nitrogens with one attached hydrogen (secondary N) is 1. The first-order chi connectivity index (χ1) is 14.8. The van der Waals surface area contributed by atoms with Crippen molar-refractivity contribution in [3.8, 4) is 17.4 Å². The van der Waals surface area contributed by atoms with Crippen LogP contribution in [-0.4, -0.2) is 21.9 Å². The molecule has 0 radical (unpaired) electrons. The molecule has 9 nitrogen and oxygen atoms in total. The van der Waals surface area contributed by atoms with Crippen LogP contribution in [0.3, 0.4) is 0 Å². The topological polar surface area (TPSA) is 146 Å². The van der Waals surface area contributed by atoms with E-state index >= 15 is 0 Å². The van der Waals surface area contributed by atoms with Gasteiger partial charge in [-0.15, -0.1) is 0 Å². The summed E-state index contributed by atoms with van der Waals surface area (Å²) in [5.41, 5.74) is 0.334. The molecule has 0 fully saturated rings. The molecular formula is C21H12ClN3O6. The number of aromatic carboxylic acids is 1. The highest BCUT2D eigenvalue weighted by molar-refractivity contribution is 6.34. The van der Waals surface area contributed by atoms with Gasteiger partial charge in [0.05, 0.1) is 21.2 Å². The van der Waals surface area contributed by atoms with Crippen LogP contribution < -0.4 is 5.32 Å². The van der Waals surface area contributed by atoms with Gasteiger partial charge >= 0.3 is 5.97 Å². The van der Waals surface area contributed by atoms with Crippen molar-refractivity contribution in [2.45, 2.75) is 0 Å². The van der Waals surface area contributed by atoms with Gasteiger partial charge in [-0.05, 0) is 30.3 Å². The second-order valence-corrected chi connectivity index (χ2v) is 6.54. The third kappa shape index (κ3) is 4.95. The number of nitro groups is 1. The lowest BCUT2D eigenvalue weighted by atomic mass is 10.1. The Morgan fingerprint density at radius 3 is 2.45 bits per heavy atom. The zero-order chi connectivity index (χ0) is 22.5. The van der Waals surface area contributed by atoms with Crippen molar-refractivity contribution < 1.29 is 24.0 Å². The lowest BCUT2D eigenvalue weighted by molar-refractivity contribution is -0.384. The Bertz CT molecular complexity index is 1250. The van der Waals surface area contributed by atoms with Gasteiger partial charge in [-0.25, -0.2) is 4.79 Å². The molecule has 1 heterocycles. The van der Waals surface area contributed by atoms with E-state index in [9.17, 15) is 25.0 Å². The lowest BCUT2D eigenvalue weighted by Gasteiger charge is -2.06. The second-order valence-electron chi connectivity index (χ2n) is 6.13. The molecule has 1 aromatic heterocycles. The number of benzene rings is 2. The third-order valence-corrected chi connectivity index (χ3v) is 4.42. The van der Waals surface area contributed by atoms with Crippen LogP contribution in [0.2, 0.25) is 5.02 Å². The zero-order valence-corrected chi connectivity index (χ0v) is 16.3. The summed E-state index contributed by atoms with van der Waals surface area (Å²) < 4.78 is 5.61. The molecule has 0 aliphatic heterocycles. The number of anilines is 1. The minimum Gasteiger partial charge on any atom is -0.478 e. The number of nitriles is 1. The number of hydrogen-bond donors (Lipinski definition) is 2. The van der Waals surface area contributed by atoms with Gasteiger partial charge in [-0.2, -0.15) is 5.26 Å². The molecule has 0 unspecified atom stereocenters. The molecule has 2 N–H and O–H groups in total. The van der Waals surface area contributed by atoms with E-state index in [0.29, 0.717) is 11.3 Å². The summed E-state index contributed by atoms with van der Waals surface area (Å²) in [6, 6.07) is 14.4. The number of furan rings is 1. The van der Waals surface area contributed by atoms with Crippen molar-refractivity contribution in [2.75, 3.05) is 5.32 Å². The minimum atomic E-state index is -1.05. The number of nitrogens with zero attached hydrogens (tertiary/aromatic N) is 2. The molecule has 31 heavy (non-hydrogen) atoms. The Kier molecular flexibility index (Phi) is 6.14. The Labute approximate surface area is 179 Å². The largest absolute Gasteiger partial charge is 0.478 e. The fourth-order valence-corrected chi connectivity index (χ4v) is 2.78. The Hall–Kier alpha value is -4.42. The Morgan fingerprint density at radius 2 is 1.87 bits per heavy atom. The molecule has 3 rings (SSSR count). The number of carbonyl (C=O) groups is 2. The van der Waals surface area contributed by atoms with Gasteiger partial charge in [0.1, 0.15) is 23.2 Å². The molecule has 1 amide bonds. The zero-order valence-electron chi connectivity index (χ0n) is 15.5. The van der Waals surface area contributed by atoms with Crippen molar-refractivity contribution in [2.24, 2.45) is 0 Å². The molecule has 3 aromatic rings. The molecule has 0 aliphatic rings. The smallest absolute Gasteiger partial charge is 0.335 e. The predicted octanol–water partition coefficient (Wildman–Crippen LogP) is 4.75. The molecule has 2 aromatic carbocycles. The summed E-state index contributed by atoms with van der Waals surface area (Å²) >= 11 is 5.95. The fraction of sp³-hybridized carbons (Fsp3) is 0. The standard InChI is InChI=1S/C21H12ClN3O6/c22-17-10-15(25(29)30)5-7-18(17)24-20(26)14(11-23)9-16-6-8-19(31-16)12-1-3-13(4-2-12)21(27)28/h1-10H,(H,24,26)(H,27,28). The summed E-state index contributed by atoms with van der Waals surface area (Å²) in [5, 5.41) is 31.4. The monoisotopic (exact) mass is 437 g/mol. The number of carboxylic acids is 1. The quantitative estimate of drug-likeness (QED) is 0.244. The second kappa shape index (κ2) is 8.94. The first-order valence-electron chi connectivity index (χ1n) is 8.59. The Morgan fingerprint density at radius 1 is 1.16 bits per heavy atom. The van der Waals surface area contributed by atoms with Crippen LogP contribution in [-0.2, 0) is 4.79 Å². The first kappa shape index (κ1) is 21.3. The number of hydrogen-bond acceptors (Lipinski definition) is 6. The number of amides is 1. The van der Waals surface area contributed by atoms with Crippen LogP contribution >= 0.6 is 11.6 Å². The van der Waals surface area contributed by atoms with E-state index in [0.717, 1.165) is 6.07 Å². The summed E-state index contributed by atoms with van der Waals surface area (Å²) in [6.07, 6.45) is 1.23. The highest BCUT2D eigenvalue weighted by Crippen LogP contribution is 2.28. The molecule has 10 heteroatoms. The summed E-state index contributed by atoms with van der Waals surface area (Å²) in [7, 11) is 0. The molecule has 0 saturated carbocycles. The average Bonchev–Trinajstić information content (AvgIpc) is 3.22. The van der Waals surface area contributed by atoms with Crippen molar-refractivity contribution in [3.63, 3.8) is 0 Å². The Balaban J connectivity index is 1.79. The number of carbonyl (C=O) groups excluding carboxylic acids is 1. The predicted molar refractivity (Wildman–Crippen MR) is 111 cm³/mol. The van der Waals surface area contributed by atoms with Crippen molar-refractivity contribution >= 4 is 40.9 Å². The van der Waals surface area contributed by atoms with Crippen LogP contribution in [0.1, 0.15) is 16.1 Å². The SMILES string of the molecule is N#CC(=Cc1ccc(-c2ccc(C(=O)O)cc2)o1)C(=O)Nc1ccc([N+](=O)[O-])cc1Cl. The van der Waals surface area contributed by atoms with Gasteiger partial charge in [0.15, 0.2) is 0 Å². The summed E-state index contributed by atoms with van der Waals surface area (Å²) in [5.74, 6) is -1.19. The summed E-state index contributed by atoms with van der Waals surface area (Å²) in [6.45, 7) is 0. The fourth-order valence-electron chi connectivity index (χ4n) is 2.56. The van der Waals surface area contributed by atoms with Crippen LogP contribution in [0, 0.1) is 21.4 Å². The van der Waals surface area contributed by atoms with E-state index in [1.54, 1.807) is 30.3 Å². The molecule has 154 valence electrons. The number of carboxylic acid groups (broad SMARTS) is 1. The van der Waals surface area contributed by atoms with E-state index in [2.05, 4.69) is 5.32 Å². The maximum Gasteiger partial charge on any atom is 0.335 e.